The van der Waals surface area contributed by atoms with Gasteiger partial charge in [0.15, 0.2) is 11.6 Å². The van der Waals surface area contributed by atoms with E-state index in [0.717, 1.165) is 50.7 Å². The molecule has 3 heterocycles. The lowest BCUT2D eigenvalue weighted by molar-refractivity contribution is 0.515. The third-order valence-electron chi connectivity index (χ3n) is 5.37. The van der Waals surface area contributed by atoms with Gasteiger partial charge in [0, 0.05) is 26.2 Å². The van der Waals surface area contributed by atoms with Gasteiger partial charge in [0.05, 0.1) is 24.5 Å². The van der Waals surface area contributed by atoms with E-state index in [4.69, 9.17) is 0 Å². The molecule has 0 aliphatic carbocycles. The molecule has 3 aromatic rings. The predicted octanol–water partition coefficient (Wildman–Crippen LogP) is 2.14. The van der Waals surface area contributed by atoms with Gasteiger partial charge < -0.3 is 9.80 Å². The van der Waals surface area contributed by atoms with Crippen LogP contribution in [0.1, 0.15) is 45.3 Å². The molecular weight excluding hydrogens is 380 g/mol. The van der Waals surface area contributed by atoms with Crippen molar-refractivity contribution in [3.05, 3.63) is 35.9 Å². The molecule has 1 aromatic carbocycles. The number of para-hydroxylation sites is 2. The molecule has 10 heteroatoms. The van der Waals surface area contributed by atoms with Gasteiger partial charge in [-0.2, -0.15) is 0 Å². The molecule has 0 radical (unpaired) electrons. The van der Waals surface area contributed by atoms with E-state index >= 15 is 0 Å². The van der Waals surface area contributed by atoms with Crippen LogP contribution in [-0.2, 0) is 26.2 Å². The highest BCUT2D eigenvalue weighted by Gasteiger charge is 2.26. The number of nitrogens with zero attached hydrogens (tertiary/aromatic N) is 10. The van der Waals surface area contributed by atoms with Gasteiger partial charge in [-0.15, -0.1) is 10.2 Å². The number of fused-ring (bicyclic) bond motifs is 1. The lowest BCUT2D eigenvalue weighted by atomic mass is 10.1. The Morgan fingerprint density at radius 3 is 1.70 bits per heavy atom. The molecule has 0 atom stereocenters. The summed E-state index contributed by atoms with van der Waals surface area (Å²) in [5, 5.41) is 24.7. The van der Waals surface area contributed by atoms with Crippen molar-refractivity contribution in [1.82, 2.24) is 40.4 Å². The minimum absolute atomic E-state index is 0.461. The summed E-state index contributed by atoms with van der Waals surface area (Å²) in [5.41, 5.74) is 2.39. The third kappa shape index (κ3) is 4.27. The second kappa shape index (κ2) is 9.19. The molecule has 10 nitrogen and oxygen atoms in total. The highest BCUT2D eigenvalue weighted by Crippen LogP contribution is 2.35. The fraction of sp³-hybridized carbons (Fsp3) is 0.600. The Kier molecular flexibility index (Phi) is 6.20. The lowest BCUT2D eigenvalue weighted by Gasteiger charge is -2.27. The van der Waals surface area contributed by atoms with E-state index in [0.29, 0.717) is 19.0 Å². The Balaban J connectivity index is 1.63. The zero-order valence-corrected chi connectivity index (χ0v) is 18.0. The van der Waals surface area contributed by atoms with Crippen LogP contribution in [-0.4, -0.2) is 53.5 Å². The van der Waals surface area contributed by atoms with Crippen LogP contribution in [0.2, 0.25) is 0 Å². The van der Waals surface area contributed by atoms with Crippen LogP contribution in [0, 0.1) is 5.92 Å². The van der Waals surface area contributed by atoms with Crippen LogP contribution in [0.5, 0.6) is 0 Å². The number of aromatic nitrogens is 8. The van der Waals surface area contributed by atoms with Crippen molar-refractivity contribution in [1.29, 1.82) is 0 Å². The summed E-state index contributed by atoms with van der Waals surface area (Å²) in [5.74, 6) is 2.27. The first kappa shape index (κ1) is 20.2. The van der Waals surface area contributed by atoms with E-state index < -0.39 is 0 Å². The first-order valence-corrected chi connectivity index (χ1v) is 10.8. The molecule has 0 bridgehead atoms. The highest BCUT2D eigenvalue weighted by molar-refractivity contribution is 5.72. The van der Waals surface area contributed by atoms with Crippen molar-refractivity contribution >= 4 is 11.4 Å². The molecule has 30 heavy (non-hydrogen) atoms. The maximum absolute atomic E-state index is 4.29. The lowest BCUT2D eigenvalue weighted by Crippen LogP contribution is -2.31. The van der Waals surface area contributed by atoms with E-state index in [-0.39, 0.29) is 0 Å². The molecule has 0 saturated carbocycles. The molecule has 0 unspecified atom stereocenters. The van der Waals surface area contributed by atoms with Crippen LogP contribution < -0.4 is 9.80 Å². The van der Waals surface area contributed by atoms with Gasteiger partial charge in [-0.25, -0.2) is 9.36 Å². The van der Waals surface area contributed by atoms with E-state index in [1.807, 2.05) is 9.36 Å². The summed E-state index contributed by atoms with van der Waals surface area (Å²) < 4.78 is 3.82. The van der Waals surface area contributed by atoms with Gasteiger partial charge >= 0.3 is 0 Å². The maximum Gasteiger partial charge on any atom is 0.170 e. The normalized spacial score (nSPS) is 14.8. The SMILES string of the molecule is CCCn1nnnc1CN1CC(C)CN(Cc2nnnn2CCC)c2ccccc21. The Morgan fingerprint density at radius 1 is 0.800 bits per heavy atom. The van der Waals surface area contributed by atoms with Gasteiger partial charge in [-0.3, -0.25) is 0 Å². The van der Waals surface area contributed by atoms with Crippen molar-refractivity contribution in [2.45, 2.75) is 59.8 Å². The highest BCUT2D eigenvalue weighted by atomic mass is 15.6. The largest absolute Gasteiger partial charge is 0.362 e. The van der Waals surface area contributed by atoms with Gasteiger partial charge in [0.1, 0.15) is 0 Å². The number of anilines is 2. The fourth-order valence-corrected chi connectivity index (χ4v) is 4.09. The van der Waals surface area contributed by atoms with Crippen molar-refractivity contribution in [2.75, 3.05) is 22.9 Å². The summed E-state index contributed by atoms with van der Waals surface area (Å²) in [4.78, 5) is 4.79. The summed E-state index contributed by atoms with van der Waals surface area (Å²) >= 11 is 0. The molecule has 0 spiro atoms. The number of rotatable bonds is 8. The van der Waals surface area contributed by atoms with Crippen LogP contribution in [0.15, 0.2) is 24.3 Å². The Bertz CT molecular complexity index is 873. The summed E-state index contributed by atoms with van der Waals surface area (Å²) in [6.07, 6.45) is 2.01. The molecule has 2 aromatic heterocycles. The molecule has 0 fully saturated rings. The number of hydrogen-bond donors (Lipinski definition) is 0. The van der Waals surface area contributed by atoms with Gasteiger partial charge in [-0.05, 0) is 51.7 Å². The van der Waals surface area contributed by atoms with Crippen molar-refractivity contribution in [3.8, 4) is 0 Å². The smallest absolute Gasteiger partial charge is 0.170 e. The molecule has 1 aliphatic rings. The quantitative estimate of drug-likeness (QED) is 0.558. The minimum Gasteiger partial charge on any atom is -0.362 e. The zero-order chi connectivity index (χ0) is 20.9. The average molecular weight is 411 g/mol. The standard InChI is InChI=1S/C20H30N10/c1-4-10-29-19(21-23-25-29)14-27-12-16(3)13-28(18-9-7-6-8-17(18)27)15-20-22-24-26-30(20)11-5-2/h6-9,16H,4-5,10-15H2,1-3H3. The molecule has 0 saturated heterocycles. The molecule has 160 valence electrons. The van der Waals surface area contributed by atoms with Gasteiger partial charge in [0.25, 0.3) is 0 Å². The number of hydrogen-bond acceptors (Lipinski definition) is 8. The topological polar surface area (TPSA) is 93.7 Å². The summed E-state index contributed by atoms with van der Waals surface area (Å²) in [6.45, 7) is 11.5. The van der Waals surface area contributed by atoms with Crippen molar-refractivity contribution in [2.24, 2.45) is 5.92 Å². The van der Waals surface area contributed by atoms with Gasteiger partial charge in [-0.1, -0.05) is 32.9 Å². The first-order valence-electron chi connectivity index (χ1n) is 10.8. The van der Waals surface area contributed by atoms with Gasteiger partial charge in [0.2, 0.25) is 0 Å². The number of tetrazole rings is 2. The van der Waals surface area contributed by atoms with E-state index in [2.05, 4.69) is 85.9 Å². The van der Waals surface area contributed by atoms with Crippen LogP contribution in [0.4, 0.5) is 11.4 Å². The predicted molar refractivity (Wildman–Crippen MR) is 114 cm³/mol. The monoisotopic (exact) mass is 410 g/mol. The van der Waals surface area contributed by atoms with Crippen molar-refractivity contribution in [3.63, 3.8) is 0 Å². The Morgan fingerprint density at radius 2 is 1.27 bits per heavy atom. The summed E-state index contributed by atoms with van der Waals surface area (Å²) in [7, 11) is 0. The molecule has 0 N–H and O–H groups in total. The second-order valence-corrected chi connectivity index (χ2v) is 7.99. The van der Waals surface area contributed by atoms with Crippen LogP contribution in [0.3, 0.4) is 0 Å². The van der Waals surface area contributed by atoms with E-state index in [1.165, 1.54) is 11.4 Å². The molecule has 4 rings (SSSR count). The maximum atomic E-state index is 4.29. The Labute approximate surface area is 176 Å². The second-order valence-electron chi connectivity index (χ2n) is 7.99. The van der Waals surface area contributed by atoms with E-state index in [9.17, 15) is 0 Å². The zero-order valence-electron chi connectivity index (χ0n) is 18.0. The fourth-order valence-electron chi connectivity index (χ4n) is 4.09. The third-order valence-corrected chi connectivity index (χ3v) is 5.37. The minimum atomic E-state index is 0.461. The first-order chi connectivity index (χ1) is 14.7. The number of aryl methyl sites for hydroxylation is 2. The molecule has 1 aliphatic heterocycles. The Hall–Kier alpha value is -3.04. The average Bonchev–Trinajstić information content (AvgIpc) is 3.34. The van der Waals surface area contributed by atoms with Crippen LogP contribution >= 0.6 is 0 Å². The van der Waals surface area contributed by atoms with Crippen LogP contribution in [0.25, 0.3) is 0 Å². The molecular formula is C20H30N10. The number of benzene rings is 1. The van der Waals surface area contributed by atoms with Crippen molar-refractivity contribution < 1.29 is 0 Å². The molecule has 0 amide bonds. The summed E-state index contributed by atoms with van der Waals surface area (Å²) in [6, 6.07) is 8.55. The van der Waals surface area contributed by atoms with E-state index in [1.54, 1.807) is 0 Å².